The Hall–Kier alpha value is -3.57. The van der Waals surface area contributed by atoms with Crippen molar-refractivity contribution in [2.45, 2.75) is 39.8 Å². The predicted molar refractivity (Wildman–Crippen MR) is 130 cm³/mol. The maximum Gasteiger partial charge on any atom is 0.310 e. The third-order valence-corrected chi connectivity index (χ3v) is 5.66. The molecular weight excluding hydrogens is 414 g/mol. The second-order valence-corrected chi connectivity index (χ2v) is 7.95. The highest BCUT2D eigenvalue weighted by atomic mass is 16.5. The summed E-state index contributed by atoms with van der Waals surface area (Å²) in [5.41, 5.74) is 12.8. The minimum atomic E-state index is -0.256. The zero-order valence-electron chi connectivity index (χ0n) is 19.1. The predicted octanol–water partition coefficient (Wildman–Crippen LogP) is 5.81. The summed E-state index contributed by atoms with van der Waals surface area (Å²) in [5, 5.41) is 1.01. The van der Waals surface area contributed by atoms with E-state index in [1.807, 2.05) is 43.3 Å². The summed E-state index contributed by atoms with van der Waals surface area (Å²) in [6.45, 7) is 5.12. The number of benzene rings is 3. The van der Waals surface area contributed by atoms with Crippen LogP contribution in [0.1, 0.15) is 36.1 Å². The molecule has 0 bridgehead atoms. The van der Waals surface area contributed by atoms with E-state index in [-0.39, 0.29) is 12.4 Å². The van der Waals surface area contributed by atoms with Gasteiger partial charge in [-0.1, -0.05) is 37.3 Å². The van der Waals surface area contributed by atoms with Gasteiger partial charge in [-0.25, -0.2) is 0 Å². The Bertz CT molecular complexity index is 1260. The number of carbonyl (C=O) groups excluding carboxylic acids is 1. The van der Waals surface area contributed by atoms with Crippen molar-refractivity contribution >= 4 is 16.9 Å². The zero-order chi connectivity index (χ0) is 23.2. The van der Waals surface area contributed by atoms with Crippen LogP contribution in [0, 0.1) is 0 Å². The van der Waals surface area contributed by atoms with E-state index >= 15 is 0 Å². The molecule has 170 valence electrons. The standard InChI is InChI=1S/C28H29NO4/c1-3-19-8-9-23(16-27(30)31-4-2)26(15-19)33-18-21-13-24-10-11-32-28(24)25(14-21)22-7-5-6-20(12-22)17-29/h5-15H,3-4,16-18,29H2,1-2H3. The van der Waals surface area contributed by atoms with Crippen molar-refractivity contribution < 1.29 is 18.7 Å². The Balaban J connectivity index is 1.64. The fourth-order valence-electron chi connectivity index (χ4n) is 3.94. The minimum Gasteiger partial charge on any atom is -0.489 e. The van der Waals surface area contributed by atoms with Gasteiger partial charge in [0.05, 0.1) is 19.3 Å². The molecule has 0 saturated carbocycles. The molecule has 0 aliphatic carbocycles. The smallest absolute Gasteiger partial charge is 0.310 e. The van der Waals surface area contributed by atoms with Crippen molar-refractivity contribution in [2.75, 3.05) is 6.61 Å². The van der Waals surface area contributed by atoms with Gasteiger partial charge >= 0.3 is 5.97 Å². The number of carbonyl (C=O) groups is 1. The van der Waals surface area contributed by atoms with Crippen molar-refractivity contribution in [1.29, 1.82) is 0 Å². The topological polar surface area (TPSA) is 74.7 Å². The average Bonchev–Trinajstić information content (AvgIpc) is 3.31. The van der Waals surface area contributed by atoms with Gasteiger partial charge in [-0.3, -0.25) is 4.79 Å². The molecule has 0 saturated heterocycles. The second-order valence-electron chi connectivity index (χ2n) is 7.95. The number of esters is 1. The largest absolute Gasteiger partial charge is 0.489 e. The van der Waals surface area contributed by atoms with Crippen molar-refractivity contribution in [2.24, 2.45) is 5.73 Å². The maximum atomic E-state index is 12.1. The SMILES string of the molecule is CCOC(=O)Cc1ccc(CC)cc1OCc1cc(-c2cccc(CN)c2)c2occc2c1. The molecule has 0 amide bonds. The van der Waals surface area contributed by atoms with Crippen LogP contribution in [0.25, 0.3) is 22.1 Å². The van der Waals surface area contributed by atoms with E-state index in [9.17, 15) is 4.79 Å². The first-order chi connectivity index (χ1) is 16.1. The lowest BCUT2D eigenvalue weighted by molar-refractivity contribution is -0.142. The van der Waals surface area contributed by atoms with Crippen LogP contribution in [0.5, 0.6) is 5.75 Å². The minimum absolute atomic E-state index is 0.186. The molecule has 33 heavy (non-hydrogen) atoms. The number of ether oxygens (including phenoxy) is 2. The highest BCUT2D eigenvalue weighted by Crippen LogP contribution is 2.32. The number of hydrogen-bond acceptors (Lipinski definition) is 5. The number of nitrogens with two attached hydrogens (primary N) is 1. The van der Waals surface area contributed by atoms with E-state index in [0.29, 0.717) is 25.5 Å². The first-order valence-electron chi connectivity index (χ1n) is 11.3. The van der Waals surface area contributed by atoms with Gasteiger partial charge in [-0.05, 0) is 65.9 Å². The van der Waals surface area contributed by atoms with E-state index < -0.39 is 0 Å². The zero-order valence-corrected chi connectivity index (χ0v) is 19.1. The highest BCUT2D eigenvalue weighted by molar-refractivity contribution is 5.93. The summed E-state index contributed by atoms with van der Waals surface area (Å²) in [7, 11) is 0. The van der Waals surface area contributed by atoms with Gasteiger partial charge in [0.1, 0.15) is 17.9 Å². The lowest BCUT2D eigenvalue weighted by atomic mass is 9.99. The quantitative estimate of drug-likeness (QED) is 0.331. The van der Waals surface area contributed by atoms with Crippen LogP contribution >= 0.6 is 0 Å². The van der Waals surface area contributed by atoms with Crippen molar-refractivity contribution in [1.82, 2.24) is 0 Å². The van der Waals surface area contributed by atoms with Crippen LogP contribution in [0.15, 0.2) is 71.3 Å². The molecule has 1 heterocycles. The van der Waals surface area contributed by atoms with E-state index in [0.717, 1.165) is 50.8 Å². The Morgan fingerprint density at radius 1 is 0.970 bits per heavy atom. The summed E-state index contributed by atoms with van der Waals surface area (Å²) in [5.74, 6) is 0.454. The molecular formula is C28H29NO4. The molecule has 0 aliphatic heterocycles. The first-order valence-corrected chi connectivity index (χ1v) is 11.3. The van der Waals surface area contributed by atoms with Gasteiger partial charge in [-0.15, -0.1) is 0 Å². The molecule has 0 spiro atoms. The molecule has 0 fully saturated rings. The summed E-state index contributed by atoms with van der Waals surface area (Å²) >= 11 is 0. The monoisotopic (exact) mass is 443 g/mol. The molecule has 4 aromatic rings. The van der Waals surface area contributed by atoms with E-state index in [1.54, 1.807) is 6.26 Å². The molecule has 4 rings (SSSR count). The molecule has 0 aliphatic rings. The van der Waals surface area contributed by atoms with E-state index in [2.05, 4.69) is 31.2 Å². The van der Waals surface area contributed by atoms with Crippen LogP contribution < -0.4 is 10.5 Å². The number of aryl methyl sites for hydroxylation is 1. The van der Waals surface area contributed by atoms with Crippen molar-refractivity contribution in [3.8, 4) is 16.9 Å². The van der Waals surface area contributed by atoms with Gasteiger partial charge in [0, 0.05) is 23.1 Å². The van der Waals surface area contributed by atoms with E-state index in [1.165, 1.54) is 0 Å². The molecule has 2 N–H and O–H groups in total. The number of hydrogen-bond donors (Lipinski definition) is 1. The summed E-state index contributed by atoms with van der Waals surface area (Å²) in [6, 6.07) is 20.3. The normalized spacial score (nSPS) is 11.0. The fourth-order valence-corrected chi connectivity index (χ4v) is 3.94. The fraction of sp³-hybridized carbons (Fsp3) is 0.250. The number of furan rings is 1. The van der Waals surface area contributed by atoms with Crippen LogP contribution in [0.2, 0.25) is 0 Å². The van der Waals surface area contributed by atoms with Crippen molar-refractivity contribution in [3.05, 3.63) is 89.2 Å². The van der Waals surface area contributed by atoms with E-state index in [4.69, 9.17) is 19.6 Å². The van der Waals surface area contributed by atoms with Crippen LogP contribution in [0.4, 0.5) is 0 Å². The van der Waals surface area contributed by atoms with Gasteiger partial charge < -0.3 is 19.6 Å². The molecule has 5 nitrogen and oxygen atoms in total. The first kappa shape index (κ1) is 22.6. The average molecular weight is 444 g/mol. The third kappa shape index (κ3) is 5.26. The lowest BCUT2D eigenvalue weighted by Crippen LogP contribution is -2.09. The number of fused-ring (bicyclic) bond motifs is 1. The Morgan fingerprint density at radius 3 is 2.64 bits per heavy atom. The Kier molecular flexibility index (Phi) is 7.10. The summed E-state index contributed by atoms with van der Waals surface area (Å²) in [4.78, 5) is 12.1. The van der Waals surface area contributed by atoms with Gasteiger partial charge in [-0.2, -0.15) is 0 Å². The van der Waals surface area contributed by atoms with Crippen LogP contribution in [-0.4, -0.2) is 12.6 Å². The lowest BCUT2D eigenvalue weighted by Gasteiger charge is -2.14. The van der Waals surface area contributed by atoms with Crippen LogP contribution in [0.3, 0.4) is 0 Å². The molecule has 5 heteroatoms. The third-order valence-electron chi connectivity index (χ3n) is 5.66. The molecule has 0 atom stereocenters. The Labute approximate surface area is 194 Å². The van der Waals surface area contributed by atoms with Crippen molar-refractivity contribution in [3.63, 3.8) is 0 Å². The van der Waals surface area contributed by atoms with Gasteiger partial charge in [0.15, 0.2) is 0 Å². The second kappa shape index (κ2) is 10.4. The molecule has 3 aromatic carbocycles. The number of rotatable bonds is 9. The summed E-state index contributed by atoms with van der Waals surface area (Å²) in [6.07, 6.45) is 2.78. The molecule has 1 aromatic heterocycles. The highest BCUT2D eigenvalue weighted by Gasteiger charge is 2.14. The maximum absolute atomic E-state index is 12.1. The molecule has 0 radical (unpaired) electrons. The van der Waals surface area contributed by atoms with Crippen LogP contribution in [-0.2, 0) is 35.5 Å². The molecule has 0 unspecified atom stereocenters. The van der Waals surface area contributed by atoms with Gasteiger partial charge in [0.25, 0.3) is 0 Å². The van der Waals surface area contributed by atoms with Gasteiger partial charge in [0.2, 0.25) is 0 Å². The summed E-state index contributed by atoms with van der Waals surface area (Å²) < 4.78 is 17.2. The Morgan fingerprint density at radius 2 is 1.85 bits per heavy atom.